The Morgan fingerprint density at radius 2 is 1.70 bits per heavy atom. The molecule has 0 radical (unpaired) electrons. The van der Waals surface area contributed by atoms with Crippen LogP contribution in [0.1, 0.15) is 15.9 Å². The molecule has 0 heterocycles. The second kappa shape index (κ2) is 6.73. The number of benzene rings is 2. The van der Waals surface area contributed by atoms with Gasteiger partial charge >= 0.3 is 6.03 Å². The van der Waals surface area contributed by atoms with E-state index in [0.717, 1.165) is 11.8 Å². The molecule has 0 atom stereocenters. The normalized spacial score (nSPS) is 9.85. The first-order valence-electron chi connectivity index (χ1n) is 6.02. The topological polar surface area (TPSA) is 58.2 Å². The number of carbonyl (C=O) groups excluding carboxylic acids is 2. The molecule has 2 aromatic carbocycles. The number of rotatable bonds is 4. The first-order chi connectivity index (χ1) is 9.67. The van der Waals surface area contributed by atoms with Crippen molar-refractivity contribution < 1.29 is 9.59 Å². The van der Waals surface area contributed by atoms with Gasteiger partial charge in [-0.05, 0) is 42.0 Å². The Kier molecular flexibility index (Phi) is 4.74. The summed E-state index contributed by atoms with van der Waals surface area (Å²) in [7, 11) is 0. The van der Waals surface area contributed by atoms with Crippen LogP contribution in [0.5, 0.6) is 0 Å². The molecule has 0 aliphatic heterocycles. The van der Waals surface area contributed by atoms with Gasteiger partial charge in [-0.15, -0.1) is 0 Å². The fourth-order valence-corrected chi connectivity index (χ4v) is 1.73. The second-order valence-corrected chi connectivity index (χ2v) is 4.61. The Morgan fingerprint density at radius 1 is 1.05 bits per heavy atom. The number of urea groups is 1. The molecule has 0 aliphatic rings. The fourth-order valence-electron chi connectivity index (χ4n) is 1.60. The van der Waals surface area contributed by atoms with Crippen LogP contribution in [0, 0.1) is 0 Å². The number of hydrogen-bond acceptors (Lipinski definition) is 2. The maximum Gasteiger partial charge on any atom is 0.319 e. The van der Waals surface area contributed by atoms with Gasteiger partial charge in [0.2, 0.25) is 0 Å². The predicted molar refractivity (Wildman–Crippen MR) is 79.1 cm³/mol. The molecule has 0 fully saturated rings. The minimum Gasteiger partial charge on any atom is -0.334 e. The molecule has 0 aliphatic carbocycles. The van der Waals surface area contributed by atoms with E-state index >= 15 is 0 Å². The summed E-state index contributed by atoms with van der Waals surface area (Å²) < 4.78 is 0. The van der Waals surface area contributed by atoms with Gasteiger partial charge in [-0.2, -0.15) is 0 Å². The van der Waals surface area contributed by atoms with E-state index in [0.29, 0.717) is 22.8 Å². The zero-order valence-electron chi connectivity index (χ0n) is 10.6. The van der Waals surface area contributed by atoms with Gasteiger partial charge < -0.3 is 10.6 Å². The van der Waals surface area contributed by atoms with Crippen molar-refractivity contribution in [1.29, 1.82) is 0 Å². The van der Waals surface area contributed by atoms with Gasteiger partial charge in [-0.25, -0.2) is 4.79 Å². The van der Waals surface area contributed by atoms with Crippen molar-refractivity contribution in [2.45, 2.75) is 6.54 Å². The molecular formula is C15H13ClN2O2. The van der Waals surface area contributed by atoms with Gasteiger partial charge in [0.15, 0.2) is 0 Å². The van der Waals surface area contributed by atoms with Crippen molar-refractivity contribution in [3.63, 3.8) is 0 Å². The number of hydrogen-bond donors (Lipinski definition) is 2. The molecule has 0 saturated heterocycles. The number of carbonyl (C=O) groups is 2. The molecule has 0 bridgehead atoms. The van der Waals surface area contributed by atoms with Crippen LogP contribution in [0.15, 0.2) is 48.5 Å². The summed E-state index contributed by atoms with van der Waals surface area (Å²) >= 11 is 5.78. The van der Waals surface area contributed by atoms with E-state index in [1.165, 1.54) is 0 Å². The zero-order valence-corrected chi connectivity index (χ0v) is 11.4. The Morgan fingerprint density at radius 3 is 2.30 bits per heavy atom. The summed E-state index contributed by atoms with van der Waals surface area (Å²) in [6.07, 6.45) is 0.754. The van der Waals surface area contributed by atoms with Gasteiger partial charge in [-0.1, -0.05) is 23.7 Å². The van der Waals surface area contributed by atoms with E-state index in [9.17, 15) is 9.59 Å². The third-order valence-electron chi connectivity index (χ3n) is 2.67. The SMILES string of the molecule is O=Cc1ccc(NC(=O)NCc2ccc(Cl)cc2)cc1. The van der Waals surface area contributed by atoms with Crippen LogP contribution in [0.2, 0.25) is 5.02 Å². The summed E-state index contributed by atoms with van der Waals surface area (Å²) in [6, 6.07) is 13.6. The molecule has 0 saturated carbocycles. The monoisotopic (exact) mass is 288 g/mol. The molecule has 4 nitrogen and oxygen atoms in total. The lowest BCUT2D eigenvalue weighted by atomic mass is 10.2. The van der Waals surface area contributed by atoms with Gasteiger partial charge in [0.25, 0.3) is 0 Å². The van der Waals surface area contributed by atoms with E-state index in [1.54, 1.807) is 36.4 Å². The molecular weight excluding hydrogens is 276 g/mol. The Hall–Kier alpha value is -2.33. The first-order valence-corrected chi connectivity index (χ1v) is 6.40. The number of halogens is 1. The number of nitrogens with one attached hydrogen (secondary N) is 2. The van der Waals surface area contributed by atoms with E-state index in [1.807, 2.05) is 12.1 Å². The van der Waals surface area contributed by atoms with Crippen molar-refractivity contribution in [3.8, 4) is 0 Å². The molecule has 2 amide bonds. The van der Waals surface area contributed by atoms with Crippen LogP contribution >= 0.6 is 11.6 Å². The minimum atomic E-state index is -0.307. The van der Waals surface area contributed by atoms with Gasteiger partial charge in [0.1, 0.15) is 6.29 Å². The zero-order chi connectivity index (χ0) is 14.4. The summed E-state index contributed by atoms with van der Waals surface area (Å²) in [5.41, 5.74) is 2.15. The second-order valence-electron chi connectivity index (χ2n) is 4.17. The highest BCUT2D eigenvalue weighted by atomic mass is 35.5. The molecule has 2 aromatic rings. The van der Waals surface area contributed by atoms with E-state index in [4.69, 9.17) is 11.6 Å². The minimum absolute atomic E-state index is 0.307. The molecule has 102 valence electrons. The molecule has 0 spiro atoms. The highest BCUT2D eigenvalue weighted by molar-refractivity contribution is 6.30. The number of anilines is 1. The van der Waals surface area contributed by atoms with Crippen molar-refractivity contribution >= 4 is 29.6 Å². The largest absolute Gasteiger partial charge is 0.334 e. The lowest BCUT2D eigenvalue weighted by molar-refractivity contribution is 0.112. The van der Waals surface area contributed by atoms with Crippen LogP contribution in [0.3, 0.4) is 0 Å². The van der Waals surface area contributed by atoms with Crippen LogP contribution in [0.25, 0.3) is 0 Å². The van der Waals surface area contributed by atoms with Crippen molar-refractivity contribution in [1.82, 2.24) is 5.32 Å². The average Bonchev–Trinajstić information content (AvgIpc) is 2.47. The fraction of sp³-hybridized carbons (Fsp3) is 0.0667. The van der Waals surface area contributed by atoms with Gasteiger partial charge in [0.05, 0.1) is 0 Å². The van der Waals surface area contributed by atoms with Crippen molar-refractivity contribution in [2.24, 2.45) is 0 Å². The van der Waals surface area contributed by atoms with Crippen LogP contribution in [0.4, 0.5) is 10.5 Å². The predicted octanol–water partition coefficient (Wildman–Crippen LogP) is 3.47. The van der Waals surface area contributed by atoms with Crippen LogP contribution < -0.4 is 10.6 Å². The molecule has 0 unspecified atom stereocenters. The highest BCUT2D eigenvalue weighted by Crippen LogP contribution is 2.10. The Bertz CT molecular complexity index is 594. The molecule has 2 rings (SSSR count). The quantitative estimate of drug-likeness (QED) is 0.846. The highest BCUT2D eigenvalue weighted by Gasteiger charge is 2.01. The maximum absolute atomic E-state index is 11.7. The van der Waals surface area contributed by atoms with Gasteiger partial charge in [-0.3, -0.25) is 4.79 Å². The maximum atomic E-state index is 11.7. The number of amides is 2. The summed E-state index contributed by atoms with van der Waals surface area (Å²) in [5, 5.41) is 6.08. The Balaban J connectivity index is 1.85. The lowest BCUT2D eigenvalue weighted by Gasteiger charge is -2.08. The number of aldehydes is 1. The third-order valence-corrected chi connectivity index (χ3v) is 2.92. The van der Waals surface area contributed by atoms with Crippen LogP contribution in [-0.2, 0) is 6.54 Å². The Labute approximate surface area is 121 Å². The third kappa shape index (κ3) is 4.10. The standard InChI is InChI=1S/C15H13ClN2O2/c16-13-5-1-11(2-6-13)9-17-15(20)18-14-7-3-12(10-19)4-8-14/h1-8,10H,9H2,(H2,17,18,20). The van der Waals surface area contributed by atoms with Crippen molar-refractivity contribution in [2.75, 3.05) is 5.32 Å². The van der Waals surface area contributed by atoms with Crippen molar-refractivity contribution in [3.05, 3.63) is 64.7 Å². The van der Waals surface area contributed by atoms with Crippen LogP contribution in [-0.4, -0.2) is 12.3 Å². The smallest absolute Gasteiger partial charge is 0.319 e. The van der Waals surface area contributed by atoms with Gasteiger partial charge in [0, 0.05) is 22.8 Å². The first kappa shape index (κ1) is 14.1. The van der Waals surface area contributed by atoms with E-state index < -0.39 is 0 Å². The summed E-state index contributed by atoms with van der Waals surface area (Å²) in [4.78, 5) is 22.2. The average molecular weight is 289 g/mol. The molecule has 0 aromatic heterocycles. The summed E-state index contributed by atoms with van der Waals surface area (Å²) in [5.74, 6) is 0. The van der Waals surface area contributed by atoms with E-state index in [-0.39, 0.29) is 6.03 Å². The molecule has 5 heteroatoms. The van der Waals surface area contributed by atoms with E-state index in [2.05, 4.69) is 10.6 Å². The molecule has 2 N–H and O–H groups in total. The summed E-state index contributed by atoms with van der Waals surface area (Å²) in [6.45, 7) is 0.412. The lowest BCUT2D eigenvalue weighted by Crippen LogP contribution is -2.28. The molecule has 20 heavy (non-hydrogen) atoms.